The van der Waals surface area contributed by atoms with Gasteiger partial charge in [0.25, 0.3) is 5.91 Å². The molecule has 2 N–H and O–H groups in total. The first-order chi connectivity index (χ1) is 15.4. The highest BCUT2D eigenvalue weighted by Gasteiger charge is 2.21. The van der Waals surface area contributed by atoms with Gasteiger partial charge in [0, 0.05) is 22.9 Å². The number of rotatable bonds is 7. The summed E-state index contributed by atoms with van der Waals surface area (Å²) in [5.41, 5.74) is 0.590. The summed E-state index contributed by atoms with van der Waals surface area (Å²) >= 11 is 5.84. The fraction of sp³-hybridized carbons (Fsp3) is 0.125. The van der Waals surface area contributed by atoms with Crippen molar-refractivity contribution in [1.29, 1.82) is 0 Å². The maximum Gasteiger partial charge on any atom is 0.344 e. The number of carbonyl (C=O) groups excluding carboxylic acids is 1. The van der Waals surface area contributed by atoms with Gasteiger partial charge in [-0.15, -0.1) is 0 Å². The Bertz CT molecular complexity index is 1360. The van der Waals surface area contributed by atoms with Crippen LogP contribution < -0.4 is 15.7 Å². The van der Waals surface area contributed by atoms with Crippen LogP contribution in [0.2, 0.25) is 5.02 Å². The second-order valence-electron chi connectivity index (χ2n) is 7.17. The van der Waals surface area contributed by atoms with Crippen LogP contribution in [0.15, 0.2) is 75.9 Å². The molecular weight excluding hydrogens is 434 g/mol. The highest BCUT2D eigenvalue weighted by atomic mass is 35.5. The number of hydrogen-bond donors (Lipinski definition) is 2. The van der Waals surface area contributed by atoms with Crippen LogP contribution in [0.1, 0.15) is 5.56 Å². The SMILES string of the molecule is O=C(COc1ccc2c(c1)oc(=O)c1ccccc12)N[C@@H](Cc1ccc(Cl)cc1)C(=O)O. The zero-order valence-electron chi connectivity index (χ0n) is 16.7. The van der Waals surface area contributed by atoms with Gasteiger partial charge in [0.1, 0.15) is 17.4 Å². The van der Waals surface area contributed by atoms with Gasteiger partial charge in [-0.2, -0.15) is 0 Å². The predicted octanol–water partition coefficient (Wildman–Crippen LogP) is 3.79. The number of nitrogens with one attached hydrogen (secondary N) is 1. The van der Waals surface area contributed by atoms with E-state index >= 15 is 0 Å². The van der Waals surface area contributed by atoms with Gasteiger partial charge >= 0.3 is 11.6 Å². The Balaban J connectivity index is 1.44. The molecule has 0 saturated heterocycles. The summed E-state index contributed by atoms with van der Waals surface area (Å²) in [5.74, 6) is -1.44. The number of carboxylic acids is 1. The van der Waals surface area contributed by atoms with Gasteiger partial charge in [-0.3, -0.25) is 4.79 Å². The minimum absolute atomic E-state index is 0.104. The van der Waals surface area contributed by atoms with Crippen LogP contribution in [0.5, 0.6) is 5.75 Å². The summed E-state index contributed by atoms with van der Waals surface area (Å²) in [6, 6.07) is 17.6. The van der Waals surface area contributed by atoms with Crippen LogP contribution in [0.3, 0.4) is 0 Å². The van der Waals surface area contributed by atoms with Crippen molar-refractivity contribution < 1.29 is 23.8 Å². The van der Waals surface area contributed by atoms with Crippen LogP contribution >= 0.6 is 11.6 Å². The third-order valence-electron chi connectivity index (χ3n) is 4.95. The standard InChI is InChI=1S/C24H18ClNO6/c25-15-7-5-14(6-8-15)11-20(23(28)29)26-22(27)13-31-16-9-10-18-17-3-1-2-4-19(17)24(30)32-21(18)12-16/h1-10,12,20H,11,13H2,(H,26,27)(H,28,29)/t20-/m0/s1. The highest BCUT2D eigenvalue weighted by Crippen LogP contribution is 2.26. The smallest absolute Gasteiger partial charge is 0.344 e. The van der Waals surface area contributed by atoms with Crippen molar-refractivity contribution in [3.8, 4) is 5.75 Å². The molecule has 0 aliphatic rings. The quantitative estimate of drug-likeness (QED) is 0.327. The molecule has 8 heteroatoms. The number of benzene rings is 3. The number of aliphatic carboxylic acids is 1. The lowest BCUT2D eigenvalue weighted by molar-refractivity contribution is -0.142. The van der Waals surface area contributed by atoms with Gasteiger partial charge in [0.2, 0.25) is 0 Å². The van der Waals surface area contributed by atoms with Crippen molar-refractivity contribution >= 4 is 45.2 Å². The summed E-state index contributed by atoms with van der Waals surface area (Å²) in [6.45, 7) is -0.395. The lowest BCUT2D eigenvalue weighted by atomic mass is 10.1. The Labute approximate surface area is 187 Å². The molecule has 3 aromatic carbocycles. The van der Waals surface area contributed by atoms with Crippen molar-refractivity contribution in [3.63, 3.8) is 0 Å². The number of halogens is 1. The summed E-state index contributed by atoms with van der Waals surface area (Å²) in [5, 5.41) is 14.4. The Morgan fingerprint density at radius 3 is 2.44 bits per heavy atom. The zero-order valence-corrected chi connectivity index (χ0v) is 17.5. The molecule has 32 heavy (non-hydrogen) atoms. The van der Waals surface area contributed by atoms with Crippen LogP contribution in [-0.2, 0) is 16.0 Å². The fourth-order valence-corrected chi connectivity index (χ4v) is 3.52. The number of fused-ring (bicyclic) bond motifs is 3. The van der Waals surface area contributed by atoms with Gasteiger partial charge in [0.05, 0.1) is 5.39 Å². The lowest BCUT2D eigenvalue weighted by Crippen LogP contribution is -2.44. The molecule has 0 saturated carbocycles. The molecule has 4 rings (SSSR count). The normalized spacial score (nSPS) is 11.9. The number of carboxylic acid groups (broad SMARTS) is 1. The van der Waals surface area contributed by atoms with Crippen molar-refractivity contribution in [1.82, 2.24) is 5.32 Å². The molecule has 1 amide bonds. The molecule has 0 spiro atoms. The molecule has 1 aromatic heterocycles. The van der Waals surface area contributed by atoms with E-state index in [1.807, 2.05) is 12.1 Å². The van der Waals surface area contributed by atoms with Gasteiger partial charge in [-0.1, -0.05) is 41.9 Å². The Hall–Kier alpha value is -3.84. The maximum atomic E-state index is 12.3. The van der Waals surface area contributed by atoms with E-state index < -0.39 is 30.2 Å². The molecule has 1 atom stereocenters. The predicted molar refractivity (Wildman–Crippen MR) is 120 cm³/mol. The van der Waals surface area contributed by atoms with Crippen LogP contribution in [0.25, 0.3) is 21.7 Å². The van der Waals surface area contributed by atoms with E-state index in [0.29, 0.717) is 21.7 Å². The third kappa shape index (κ3) is 4.73. The average molecular weight is 452 g/mol. The van der Waals surface area contributed by atoms with Gasteiger partial charge < -0.3 is 19.6 Å². The van der Waals surface area contributed by atoms with Crippen LogP contribution in [0.4, 0.5) is 0 Å². The van der Waals surface area contributed by atoms with Gasteiger partial charge in [0.15, 0.2) is 6.61 Å². The summed E-state index contributed by atoms with van der Waals surface area (Å²) in [4.78, 5) is 36.0. The molecule has 0 aliphatic heterocycles. The van der Waals surface area contributed by atoms with E-state index in [4.69, 9.17) is 20.8 Å². The molecule has 162 valence electrons. The maximum absolute atomic E-state index is 12.3. The van der Waals surface area contributed by atoms with Crippen molar-refractivity contribution in [3.05, 3.63) is 87.7 Å². The minimum atomic E-state index is -1.16. The van der Waals surface area contributed by atoms with Gasteiger partial charge in [-0.05, 0) is 41.3 Å². The first-order valence-corrected chi connectivity index (χ1v) is 10.1. The monoisotopic (exact) mass is 451 g/mol. The van der Waals surface area contributed by atoms with Crippen molar-refractivity contribution in [2.75, 3.05) is 6.61 Å². The summed E-state index contributed by atoms with van der Waals surface area (Å²) in [7, 11) is 0. The largest absolute Gasteiger partial charge is 0.484 e. The second-order valence-corrected chi connectivity index (χ2v) is 7.61. The average Bonchev–Trinajstić information content (AvgIpc) is 2.78. The van der Waals surface area contributed by atoms with E-state index in [1.54, 1.807) is 48.5 Å². The molecule has 1 heterocycles. The fourth-order valence-electron chi connectivity index (χ4n) is 3.39. The van der Waals surface area contributed by atoms with E-state index in [1.165, 1.54) is 6.07 Å². The number of carbonyl (C=O) groups is 2. The van der Waals surface area contributed by atoms with E-state index in [0.717, 1.165) is 16.3 Å². The molecule has 0 unspecified atom stereocenters. The number of amides is 1. The first-order valence-electron chi connectivity index (χ1n) is 9.76. The molecule has 4 aromatic rings. The summed E-state index contributed by atoms with van der Waals surface area (Å²) in [6.07, 6.45) is 0.104. The Kier molecular flexibility index (Phi) is 6.09. The Morgan fingerprint density at radius 2 is 1.72 bits per heavy atom. The van der Waals surface area contributed by atoms with E-state index in [9.17, 15) is 19.5 Å². The molecule has 0 aliphatic carbocycles. The van der Waals surface area contributed by atoms with Gasteiger partial charge in [-0.25, -0.2) is 9.59 Å². The molecule has 0 radical (unpaired) electrons. The molecule has 0 fully saturated rings. The van der Waals surface area contributed by atoms with Crippen molar-refractivity contribution in [2.24, 2.45) is 0 Å². The highest BCUT2D eigenvalue weighted by molar-refractivity contribution is 6.30. The zero-order chi connectivity index (χ0) is 22.7. The summed E-state index contributed by atoms with van der Waals surface area (Å²) < 4.78 is 10.9. The third-order valence-corrected chi connectivity index (χ3v) is 5.20. The lowest BCUT2D eigenvalue weighted by Gasteiger charge is -2.15. The molecule has 7 nitrogen and oxygen atoms in total. The topological polar surface area (TPSA) is 106 Å². The van der Waals surface area contributed by atoms with Crippen LogP contribution in [-0.4, -0.2) is 29.6 Å². The van der Waals surface area contributed by atoms with E-state index in [-0.39, 0.29) is 6.42 Å². The van der Waals surface area contributed by atoms with E-state index in [2.05, 4.69) is 5.32 Å². The molecular formula is C24H18ClNO6. The first kappa shape index (κ1) is 21.4. The number of ether oxygens (including phenoxy) is 1. The second kappa shape index (κ2) is 9.11. The minimum Gasteiger partial charge on any atom is -0.484 e. The van der Waals surface area contributed by atoms with Crippen molar-refractivity contribution in [2.45, 2.75) is 12.5 Å². The number of hydrogen-bond acceptors (Lipinski definition) is 5. The molecule has 0 bridgehead atoms. The Morgan fingerprint density at radius 1 is 1.00 bits per heavy atom. The van der Waals surface area contributed by atoms with Crippen LogP contribution in [0, 0.1) is 0 Å².